The van der Waals surface area contributed by atoms with Crippen LogP contribution in [0.25, 0.3) is 0 Å². The van der Waals surface area contributed by atoms with Crippen molar-refractivity contribution in [3.05, 3.63) is 28.8 Å². The van der Waals surface area contributed by atoms with Gasteiger partial charge in [0.15, 0.2) is 0 Å². The lowest BCUT2D eigenvalue weighted by Gasteiger charge is -2.29. The summed E-state index contributed by atoms with van der Waals surface area (Å²) in [7, 11) is 0. The Kier molecular flexibility index (Phi) is 5.28. The Bertz CT molecular complexity index is 459. The summed E-state index contributed by atoms with van der Waals surface area (Å²) in [5.41, 5.74) is 3.52. The van der Waals surface area contributed by atoms with Gasteiger partial charge in [0.05, 0.1) is 13.2 Å². The Labute approximate surface area is 128 Å². The molecule has 3 nitrogen and oxygen atoms in total. The predicted molar refractivity (Wildman–Crippen MR) is 87.0 cm³/mol. The van der Waals surface area contributed by atoms with E-state index in [-0.39, 0.29) is 12.1 Å². The average Bonchev–Trinajstić information content (AvgIpc) is 3.20. The number of rotatable bonds is 8. The van der Waals surface area contributed by atoms with E-state index < -0.39 is 0 Å². The van der Waals surface area contributed by atoms with E-state index in [1.54, 1.807) is 0 Å². The van der Waals surface area contributed by atoms with E-state index in [0.29, 0.717) is 12.6 Å². The quantitative estimate of drug-likeness (QED) is 0.722. The number of hydrogen-bond donors (Lipinski definition) is 2. The van der Waals surface area contributed by atoms with E-state index in [4.69, 9.17) is 4.74 Å². The van der Waals surface area contributed by atoms with Crippen LogP contribution in [-0.2, 0) is 0 Å². The normalized spacial score (nSPS) is 17.6. The van der Waals surface area contributed by atoms with Crippen LogP contribution in [0.15, 0.2) is 12.1 Å². The largest absolute Gasteiger partial charge is 0.493 e. The molecule has 2 rings (SSSR count). The van der Waals surface area contributed by atoms with Crippen LogP contribution in [0.1, 0.15) is 49.3 Å². The maximum atomic E-state index is 9.59. The standard InChI is InChI=1S/C18H29NO2/c1-13-10-14(2)17(15(3)11-13)21-9-5-8-18(4,12-20)19-16-6-7-16/h10-11,16,19-20H,5-9,12H2,1-4H3. The molecule has 0 radical (unpaired) electrons. The minimum Gasteiger partial charge on any atom is -0.493 e. The lowest BCUT2D eigenvalue weighted by atomic mass is 9.97. The van der Waals surface area contributed by atoms with Gasteiger partial charge in [-0.15, -0.1) is 0 Å². The van der Waals surface area contributed by atoms with Crippen LogP contribution in [0, 0.1) is 20.8 Å². The fourth-order valence-electron chi connectivity index (χ4n) is 2.95. The van der Waals surface area contributed by atoms with Crippen LogP contribution < -0.4 is 10.1 Å². The molecule has 0 amide bonds. The van der Waals surface area contributed by atoms with Gasteiger partial charge in [-0.3, -0.25) is 0 Å². The first-order valence-electron chi connectivity index (χ1n) is 8.03. The fraction of sp³-hybridized carbons (Fsp3) is 0.667. The van der Waals surface area contributed by atoms with Crippen LogP contribution in [0.2, 0.25) is 0 Å². The first-order valence-corrected chi connectivity index (χ1v) is 8.03. The Balaban J connectivity index is 1.81. The lowest BCUT2D eigenvalue weighted by Crippen LogP contribution is -2.47. The molecule has 2 N–H and O–H groups in total. The van der Waals surface area contributed by atoms with Crippen LogP contribution in [0.3, 0.4) is 0 Å². The molecule has 1 atom stereocenters. The third kappa shape index (κ3) is 4.72. The van der Waals surface area contributed by atoms with Crippen molar-refractivity contribution in [2.24, 2.45) is 0 Å². The first-order chi connectivity index (χ1) is 9.93. The molecule has 0 saturated heterocycles. The second kappa shape index (κ2) is 6.80. The number of aryl methyl sites for hydroxylation is 3. The van der Waals surface area contributed by atoms with Gasteiger partial charge < -0.3 is 15.2 Å². The second-order valence-electron chi connectivity index (χ2n) is 6.82. The van der Waals surface area contributed by atoms with Crippen molar-refractivity contribution in [2.75, 3.05) is 13.2 Å². The molecule has 1 unspecified atom stereocenters. The van der Waals surface area contributed by atoms with Crippen molar-refractivity contribution < 1.29 is 9.84 Å². The van der Waals surface area contributed by atoms with Gasteiger partial charge in [-0.25, -0.2) is 0 Å². The molecule has 0 bridgehead atoms. The number of nitrogens with one attached hydrogen (secondary N) is 1. The summed E-state index contributed by atoms with van der Waals surface area (Å²) >= 11 is 0. The smallest absolute Gasteiger partial charge is 0.125 e. The maximum Gasteiger partial charge on any atom is 0.125 e. The molecule has 0 aliphatic heterocycles. The SMILES string of the molecule is Cc1cc(C)c(OCCCC(C)(CO)NC2CC2)c(C)c1. The van der Waals surface area contributed by atoms with E-state index in [9.17, 15) is 5.11 Å². The molecule has 1 aromatic carbocycles. The number of aliphatic hydroxyl groups is 1. The molecule has 1 aliphatic carbocycles. The van der Waals surface area contributed by atoms with Crippen molar-refractivity contribution in [1.29, 1.82) is 0 Å². The zero-order valence-corrected chi connectivity index (χ0v) is 13.8. The highest BCUT2D eigenvalue weighted by molar-refractivity contribution is 5.42. The Morgan fingerprint density at radius 3 is 2.38 bits per heavy atom. The lowest BCUT2D eigenvalue weighted by molar-refractivity contribution is 0.154. The maximum absolute atomic E-state index is 9.59. The summed E-state index contributed by atoms with van der Waals surface area (Å²) in [6.07, 6.45) is 4.37. The summed E-state index contributed by atoms with van der Waals surface area (Å²) in [5.74, 6) is 1.02. The number of hydrogen-bond acceptors (Lipinski definition) is 3. The summed E-state index contributed by atoms with van der Waals surface area (Å²) in [6, 6.07) is 4.94. The van der Waals surface area contributed by atoms with E-state index >= 15 is 0 Å². The van der Waals surface area contributed by atoms with Gasteiger partial charge in [-0.2, -0.15) is 0 Å². The second-order valence-corrected chi connectivity index (χ2v) is 6.82. The summed E-state index contributed by atoms with van der Waals surface area (Å²) in [5, 5.41) is 13.1. The molecule has 0 aromatic heterocycles. The van der Waals surface area contributed by atoms with Gasteiger partial charge >= 0.3 is 0 Å². The number of ether oxygens (including phenoxy) is 1. The van der Waals surface area contributed by atoms with E-state index in [1.165, 1.54) is 29.5 Å². The molecule has 118 valence electrons. The number of aliphatic hydroxyl groups excluding tert-OH is 1. The first kappa shape index (κ1) is 16.3. The van der Waals surface area contributed by atoms with Gasteiger partial charge in [0.2, 0.25) is 0 Å². The molecule has 1 aromatic rings. The molecule has 1 saturated carbocycles. The summed E-state index contributed by atoms with van der Waals surface area (Å²) in [4.78, 5) is 0. The zero-order chi connectivity index (χ0) is 15.5. The Morgan fingerprint density at radius 2 is 1.86 bits per heavy atom. The van der Waals surface area contributed by atoms with Crippen LogP contribution >= 0.6 is 0 Å². The summed E-state index contributed by atoms with van der Waals surface area (Å²) < 4.78 is 5.97. The minimum atomic E-state index is -0.165. The van der Waals surface area contributed by atoms with E-state index in [0.717, 1.165) is 18.6 Å². The summed E-state index contributed by atoms with van der Waals surface area (Å²) in [6.45, 7) is 9.30. The third-order valence-corrected chi connectivity index (χ3v) is 4.20. The van der Waals surface area contributed by atoms with Gasteiger partial charge in [0.1, 0.15) is 5.75 Å². The minimum absolute atomic E-state index is 0.165. The predicted octanol–water partition coefficient (Wildman–Crippen LogP) is 3.27. The van der Waals surface area contributed by atoms with Crippen LogP contribution in [-0.4, -0.2) is 29.9 Å². The van der Waals surface area contributed by atoms with Crippen molar-refractivity contribution in [2.45, 2.75) is 65.0 Å². The van der Waals surface area contributed by atoms with E-state index in [2.05, 4.69) is 45.1 Å². The molecule has 21 heavy (non-hydrogen) atoms. The molecule has 3 heteroatoms. The fourth-order valence-corrected chi connectivity index (χ4v) is 2.95. The van der Waals surface area contributed by atoms with Gasteiger partial charge in [0, 0.05) is 11.6 Å². The highest BCUT2D eigenvalue weighted by atomic mass is 16.5. The monoisotopic (exact) mass is 291 g/mol. The Hall–Kier alpha value is -1.06. The molecule has 0 heterocycles. The van der Waals surface area contributed by atoms with E-state index in [1.807, 2.05) is 0 Å². The highest BCUT2D eigenvalue weighted by Gasteiger charge is 2.31. The van der Waals surface area contributed by atoms with Crippen molar-refractivity contribution in [3.63, 3.8) is 0 Å². The van der Waals surface area contributed by atoms with Crippen molar-refractivity contribution in [1.82, 2.24) is 5.32 Å². The van der Waals surface area contributed by atoms with Crippen LogP contribution in [0.5, 0.6) is 5.75 Å². The molecule has 1 fully saturated rings. The van der Waals surface area contributed by atoms with Crippen LogP contribution in [0.4, 0.5) is 0 Å². The number of benzene rings is 1. The van der Waals surface area contributed by atoms with Crippen molar-refractivity contribution in [3.8, 4) is 5.75 Å². The molecule has 1 aliphatic rings. The molecule has 0 spiro atoms. The molecular weight excluding hydrogens is 262 g/mol. The topological polar surface area (TPSA) is 41.5 Å². The van der Waals surface area contributed by atoms with Gasteiger partial charge in [-0.05, 0) is 64.5 Å². The highest BCUT2D eigenvalue weighted by Crippen LogP contribution is 2.26. The van der Waals surface area contributed by atoms with Crippen molar-refractivity contribution >= 4 is 0 Å². The van der Waals surface area contributed by atoms with Gasteiger partial charge in [-0.1, -0.05) is 17.7 Å². The zero-order valence-electron chi connectivity index (χ0n) is 13.8. The third-order valence-electron chi connectivity index (χ3n) is 4.20. The molecular formula is C18H29NO2. The average molecular weight is 291 g/mol. The van der Waals surface area contributed by atoms with Gasteiger partial charge in [0.25, 0.3) is 0 Å². The Morgan fingerprint density at radius 1 is 1.24 bits per heavy atom.